The minimum Gasteiger partial charge on any atom is -0.323 e. The molecule has 0 saturated heterocycles. The van der Waals surface area contributed by atoms with Crippen LogP contribution in [0.3, 0.4) is 0 Å². The highest BCUT2D eigenvalue weighted by Gasteiger charge is 2.23. The van der Waals surface area contributed by atoms with Gasteiger partial charge in [-0.25, -0.2) is 4.98 Å². The molecule has 5 rings (SSSR count). The Hall–Kier alpha value is -2.65. The summed E-state index contributed by atoms with van der Waals surface area (Å²) < 4.78 is 9.79. The molecule has 0 spiro atoms. The molecule has 0 fully saturated rings. The van der Waals surface area contributed by atoms with Crippen molar-refractivity contribution < 1.29 is 4.79 Å². The van der Waals surface area contributed by atoms with Crippen LogP contribution in [0.25, 0.3) is 21.3 Å². The molecule has 4 aromatic rings. The number of carbonyl (C=O) groups is 1. The molecule has 0 radical (unpaired) electrons. The lowest BCUT2D eigenvalue weighted by Gasteiger charge is -2.17. The predicted molar refractivity (Wildman–Crippen MR) is 111 cm³/mol. The molecule has 1 atom stereocenters. The molecule has 0 bridgehead atoms. The normalized spacial score (nSPS) is 16.4. The molecule has 1 aliphatic rings. The van der Waals surface area contributed by atoms with Crippen molar-refractivity contribution in [2.75, 3.05) is 5.32 Å². The van der Waals surface area contributed by atoms with Crippen LogP contribution in [0.15, 0.2) is 29.3 Å². The number of rotatable bonds is 3. The van der Waals surface area contributed by atoms with Crippen molar-refractivity contribution in [1.29, 1.82) is 0 Å². The molecule has 142 valence electrons. The van der Waals surface area contributed by atoms with Crippen LogP contribution in [-0.4, -0.2) is 24.2 Å². The van der Waals surface area contributed by atoms with E-state index >= 15 is 0 Å². The summed E-state index contributed by atoms with van der Waals surface area (Å²) in [6.07, 6.45) is 4.46. The fourth-order valence-corrected chi connectivity index (χ4v) is 5.62. The molecule has 0 aliphatic heterocycles. The second-order valence-corrected chi connectivity index (χ2v) is 8.81. The molecule has 1 amide bonds. The van der Waals surface area contributed by atoms with Crippen molar-refractivity contribution in [3.8, 4) is 0 Å². The Morgan fingerprint density at radius 3 is 3.14 bits per heavy atom. The number of hydrogen-bond acceptors (Lipinski definition) is 7. The predicted octanol–water partition coefficient (Wildman–Crippen LogP) is 3.23. The highest BCUT2D eigenvalue weighted by atomic mass is 32.1. The van der Waals surface area contributed by atoms with Gasteiger partial charge in [-0.2, -0.15) is 8.75 Å². The molecule has 28 heavy (non-hydrogen) atoms. The molecule has 3 aromatic heterocycles. The summed E-state index contributed by atoms with van der Waals surface area (Å²) in [7, 11) is 0. The molecule has 0 saturated carbocycles. The van der Waals surface area contributed by atoms with Gasteiger partial charge in [0.1, 0.15) is 22.4 Å². The topological polar surface area (TPSA) is 89.8 Å². The maximum atomic E-state index is 13.0. The lowest BCUT2D eigenvalue weighted by Crippen LogP contribution is -2.28. The monoisotopic (exact) mass is 411 g/mol. The summed E-state index contributed by atoms with van der Waals surface area (Å²) in [4.78, 5) is 32.1. The van der Waals surface area contributed by atoms with E-state index < -0.39 is 0 Å². The van der Waals surface area contributed by atoms with E-state index in [1.54, 1.807) is 17.4 Å². The van der Waals surface area contributed by atoms with Gasteiger partial charge in [-0.1, -0.05) is 13.0 Å². The SMILES string of the molecule is C[C@H]1CCc2c(sc3ncn(CC(=O)Nc4cccc5nsnc45)c(=O)c23)C1. The fourth-order valence-electron chi connectivity index (χ4n) is 3.73. The van der Waals surface area contributed by atoms with E-state index in [0.29, 0.717) is 22.5 Å². The van der Waals surface area contributed by atoms with Crippen molar-refractivity contribution in [2.24, 2.45) is 5.92 Å². The smallest absolute Gasteiger partial charge is 0.262 e. The van der Waals surface area contributed by atoms with Gasteiger partial charge in [0.2, 0.25) is 5.91 Å². The zero-order valence-electron chi connectivity index (χ0n) is 15.1. The van der Waals surface area contributed by atoms with Gasteiger partial charge in [-0.3, -0.25) is 14.2 Å². The maximum absolute atomic E-state index is 13.0. The van der Waals surface area contributed by atoms with Crippen LogP contribution in [0.4, 0.5) is 5.69 Å². The van der Waals surface area contributed by atoms with Crippen molar-refractivity contribution in [3.63, 3.8) is 0 Å². The van der Waals surface area contributed by atoms with Gasteiger partial charge < -0.3 is 5.32 Å². The molecule has 9 heteroatoms. The van der Waals surface area contributed by atoms with E-state index in [1.807, 2.05) is 12.1 Å². The van der Waals surface area contributed by atoms with E-state index in [2.05, 4.69) is 26.0 Å². The minimum atomic E-state index is -0.290. The molecule has 0 unspecified atom stereocenters. The zero-order valence-corrected chi connectivity index (χ0v) is 16.8. The number of thiophene rings is 1. The fraction of sp³-hybridized carbons (Fsp3) is 0.316. The Bertz CT molecular complexity index is 1270. The van der Waals surface area contributed by atoms with Gasteiger partial charge in [0.15, 0.2) is 0 Å². The summed E-state index contributed by atoms with van der Waals surface area (Å²) in [5.74, 6) is 0.345. The number of aryl methyl sites for hydroxylation is 1. The van der Waals surface area contributed by atoms with Crippen LogP contribution < -0.4 is 10.9 Å². The first-order valence-corrected chi connectivity index (χ1v) is 10.7. The first-order chi connectivity index (χ1) is 13.6. The number of anilines is 1. The second-order valence-electron chi connectivity index (χ2n) is 7.20. The summed E-state index contributed by atoms with van der Waals surface area (Å²) in [6.45, 7) is 2.15. The van der Waals surface area contributed by atoms with Gasteiger partial charge in [-0.05, 0) is 42.9 Å². The summed E-state index contributed by atoms with van der Waals surface area (Å²) in [5, 5.41) is 3.53. The molecule has 1 aromatic carbocycles. The first-order valence-electron chi connectivity index (χ1n) is 9.11. The second kappa shape index (κ2) is 6.75. The zero-order chi connectivity index (χ0) is 19.3. The van der Waals surface area contributed by atoms with E-state index in [1.165, 1.54) is 15.8 Å². The quantitative estimate of drug-likeness (QED) is 0.559. The Balaban J connectivity index is 1.45. The van der Waals surface area contributed by atoms with Crippen molar-refractivity contribution in [2.45, 2.75) is 32.7 Å². The van der Waals surface area contributed by atoms with E-state index in [0.717, 1.165) is 46.9 Å². The van der Waals surface area contributed by atoms with Crippen molar-refractivity contribution >= 4 is 55.9 Å². The number of aromatic nitrogens is 4. The number of nitrogens with zero attached hydrogens (tertiary/aromatic N) is 4. The number of nitrogens with one attached hydrogen (secondary N) is 1. The van der Waals surface area contributed by atoms with Gasteiger partial charge in [0, 0.05) is 4.88 Å². The van der Waals surface area contributed by atoms with E-state index in [4.69, 9.17) is 0 Å². The summed E-state index contributed by atoms with van der Waals surface area (Å²) in [6, 6.07) is 5.44. The van der Waals surface area contributed by atoms with Crippen molar-refractivity contribution in [3.05, 3.63) is 45.3 Å². The average Bonchev–Trinajstić information content (AvgIpc) is 3.28. The number of hydrogen-bond donors (Lipinski definition) is 1. The molecule has 1 aliphatic carbocycles. The molecule has 7 nitrogen and oxygen atoms in total. The Labute approximate surface area is 168 Å². The van der Waals surface area contributed by atoms with Gasteiger partial charge in [0.05, 0.1) is 29.1 Å². The first kappa shape index (κ1) is 17.4. The third kappa shape index (κ3) is 2.91. The lowest BCUT2D eigenvalue weighted by molar-refractivity contribution is -0.116. The average molecular weight is 412 g/mol. The lowest BCUT2D eigenvalue weighted by atomic mass is 9.89. The van der Waals surface area contributed by atoms with E-state index in [9.17, 15) is 9.59 Å². The highest BCUT2D eigenvalue weighted by molar-refractivity contribution is 7.18. The Kier molecular flexibility index (Phi) is 4.21. The van der Waals surface area contributed by atoms with Crippen LogP contribution in [0.1, 0.15) is 23.8 Å². The maximum Gasteiger partial charge on any atom is 0.262 e. The number of benzene rings is 1. The standard InChI is InChI=1S/C19H17N5O2S2/c1-10-5-6-11-14(7-10)27-18-16(11)19(26)24(9-20-18)8-15(25)21-12-3-2-4-13-17(12)23-28-22-13/h2-4,9-10H,5-8H2,1H3,(H,21,25)/t10-/m0/s1. The third-order valence-corrected chi connectivity index (χ3v) is 6.86. The minimum absolute atomic E-state index is 0.0866. The highest BCUT2D eigenvalue weighted by Crippen LogP contribution is 2.35. The largest absolute Gasteiger partial charge is 0.323 e. The number of fused-ring (bicyclic) bond motifs is 4. The Morgan fingerprint density at radius 1 is 1.36 bits per heavy atom. The Morgan fingerprint density at radius 2 is 2.25 bits per heavy atom. The van der Waals surface area contributed by atoms with Crippen LogP contribution in [-0.2, 0) is 24.2 Å². The summed E-state index contributed by atoms with van der Waals surface area (Å²) in [5.41, 5.74) is 2.98. The van der Waals surface area contributed by atoms with Gasteiger partial charge in [0.25, 0.3) is 5.56 Å². The van der Waals surface area contributed by atoms with Gasteiger partial charge in [-0.15, -0.1) is 11.3 Å². The van der Waals surface area contributed by atoms with Crippen LogP contribution in [0.5, 0.6) is 0 Å². The summed E-state index contributed by atoms with van der Waals surface area (Å²) >= 11 is 2.71. The van der Waals surface area contributed by atoms with Crippen LogP contribution in [0, 0.1) is 5.92 Å². The van der Waals surface area contributed by atoms with Gasteiger partial charge >= 0.3 is 0 Å². The number of amides is 1. The molecular formula is C19H17N5O2S2. The van der Waals surface area contributed by atoms with Crippen molar-refractivity contribution in [1.82, 2.24) is 18.3 Å². The van der Waals surface area contributed by atoms with Crippen LogP contribution in [0.2, 0.25) is 0 Å². The molecule has 1 N–H and O–H groups in total. The van der Waals surface area contributed by atoms with Crippen LogP contribution >= 0.6 is 23.1 Å². The number of carbonyl (C=O) groups excluding carboxylic acids is 1. The molecular weight excluding hydrogens is 394 g/mol. The van der Waals surface area contributed by atoms with E-state index in [-0.39, 0.29) is 18.0 Å². The third-order valence-electron chi connectivity index (χ3n) is 5.16. The molecule has 3 heterocycles.